The zero-order valence-electron chi connectivity index (χ0n) is 22.6. The number of anilines is 2. The molecule has 0 radical (unpaired) electrons. The van der Waals surface area contributed by atoms with Crippen molar-refractivity contribution in [2.75, 3.05) is 36.6 Å². The Labute approximate surface area is 233 Å². The van der Waals surface area contributed by atoms with Crippen LogP contribution in [0, 0.1) is 0 Å². The molecule has 1 aliphatic heterocycles. The van der Waals surface area contributed by atoms with Crippen molar-refractivity contribution in [1.82, 2.24) is 20.3 Å². The molecule has 1 aromatic carbocycles. The molecule has 0 spiro atoms. The van der Waals surface area contributed by atoms with Gasteiger partial charge in [0.25, 0.3) is 0 Å². The van der Waals surface area contributed by atoms with Crippen molar-refractivity contribution in [3.8, 4) is 11.4 Å². The average molecular weight is 567 g/mol. The van der Waals surface area contributed by atoms with Crippen molar-refractivity contribution in [3.63, 3.8) is 0 Å². The Bertz CT molecular complexity index is 1450. The summed E-state index contributed by atoms with van der Waals surface area (Å²) in [6.07, 6.45) is 4.70. The van der Waals surface area contributed by atoms with Crippen LogP contribution in [0.1, 0.15) is 38.8 Å². The van der Waals surface area contributed by atoms with Gasteiger partial charge in [0, 0.05) is 36.3 Å². The van der Waals surface area contributed by atoms with E-state index in [4.69, 9.17) is 19.8 Å². The number of carbonyl (C=O) groups excluding carboxylic acids is 1. The summed E-state index contributed by atoms with van der Waals surface area (Å²) < 4.78 is 32.5. The minimum Gasteiger partial charge on any atom is -0.394 e. The van der Waals surface area contributed by atoms with Crippen LogP contribution in [0.15, 0.2) is 59.8 Å². The Hall–Kier alpha value is -3.61. The van der Waals surface area contributed by atoms with Crippen molar-refractivity contribution < 1.29 is 23.1 Å². The van der Waals surface area contributed by atoms with E-state index in [2.05, 4.69) is 27.4 Å². The van der Waals surface area contributed by atoms with Crippen LogP contribution >= 0.6 is 0 Å². The van der Waals surface area contributed by atoms with Gasteiger partial charge in [-0.15, -0.1) is 0 Å². The first-order valence-electron chi connectivity index (χ1n) is 13.4. The van der Waals surface area contributed by atoms with Crippen LogP contribution in [-0.2, 0) is 19.3 Å². The van der Waals surface area contributed by atoms with Crippen molar-refractivity contribution in [3.05, 3.63) is 60.6 Å². The molecule has 2 amide bonds. The second-order valence-electron chi connectivity index (χ2n) is 10.3. The van der Waals surface area contributed by atoms with Crippen LogP contribution in [-0.4, -0.2) is 73.0 Å². The average Bonchev–Trinajstić information content (AvgIpc) is 2.93. The maximum Gasteiger partial charge on any atom is 0.319 e. The predicted octanol–water partition coefficient (Wildman–Crippen LogP) is 3.12. The molecule has 12 heteroatoms. The lowest BCUT2D eigenvalue weighted by molar-refractivity contribution is 0.0985. The molecule has 3 heterocycles. The minimum absolute atomic E-state index is 0.0601. The number of nitrogens with one attached hydrogen (secondary N) is 2. The van der Waals surface area contributed by atoms with Crippen molar-refractivity contribution in [1.29, 1.82) is 0 Å². The molecule has 0 unspecified atom stereocenters. The molecule has 1 saturated heterocycles. The van der Waals surface area contributed by atoms with Crippen LogP contribution in [0.3, 0.4) is 0 Å². The highest BCUT2D eigenvalue weighted by Gasteiger charge is 2.52. The van der Waals surface area contributed by atoms with Gasteiger partial charge in [-0.05, 0) is 69.5 Å². The Morgan fingerprint density at radius 2 is 1.90 bits per heavy atom. The van der Waals surface area contributed by atoms with Crippen LogP contribution in [0.4, 0.5) is 16.3 Å². The van der Waals surface area contributed by atoms with E-state index >= 15 is 0 Å². The fraction of sp³-hybridized carbons (Fsp3) is 0.429. The van der Waals surface area contributed by atoms with Gasteiger partial charge in [-0.25, -0.2) is 23.2 Å². The van der Waals surface area contributed by atoms with Gasteiger partial charge in [-0.2, -0.15) is 0 Å². The number of amides is 2. The number of ether oxygens (including phenoxy) is 1. The standard InChI is InChI=1S/C28H34N6O5S/c1-19(17-35)30-27(36)31-22-6-4-21(5-7-22)26-32-24(16-25(33-26)34-14-15-39-18-20(34)2)28(10-3-11-28)40(37,38)23-8-12-29-13-9-23/h4-9,12-13,16,19-20,35H,3,10-11,14-15,17-18H2,1-2H3,(H2,30,31,36)/t19-,20-/m0/s1. The molecule has 2 atom stereocenters. The van der Waals surface area contributed by atoms with E-state index in [9.17, 15) is 13.2 Å². The topological polar surface area (TPSA) is 147 Å². The number of aliphatic hydroxyl groups excluding tert-OH is 1. The molecule has 212 valence electrons. The number of benzene rings is 1. The normalized spacial score (nSPS) is 19.4. The second kappa shape index (κ2) is 11.5. The Morgan fingerprint density at radius 3 is 2.52 bits per heavy atom. The third-order valence-electron chi connectivity index (χ3n) is 7.53. The monoisotopic (exact) mass is 566 g/mol. The number of pyridine rings is 1. The number of urea groups is 1. The summed E-state index contributed by atoms with van der Waals surface area (Å²) in [5.41, 5.74) is 1.73. The Morgan fingerprint density at radius 1 is 1.18 bits per heavy atom. The van der Waals surface area contributed by atoms with Crippen molar-refractivity contribution >= 4 is 27.4 Å². The maximum atomic E-state index is 14.0. The zero-order valence-corrected chi connectivity index (χ0v) is 23.4. The van der Waals surface area contributed by atoms with E-state index < -0.39 is 20.6 Å². The highest BCUT2D eigenvalue weighted by molar-refractivity contribution is 7.92. The van der Waals surface area contributed by atoms with E-state index in [1.54, 1.807) is 31.2 Å². The largest absolute Gasteiger partial charge is 0.394 e. The van der Waals surface area contributed by atoms with Gasteiger partial charge in [0.2, 0.25) is 0 Å². The number of nitrogens with zero attached hydrogens (tertiary/aromatic N) is 4. The van der Waals surface area contributed by atoms with Crippen LogP contribution in [0.25, 0.3) is 11.4 Å². The van der Waals surface area contributed by atoms with Gasteiger partial charge in [-0.3, -0.25) is 4.98 Å². The van der Waals surface area contributed by atoms with Crippen LogP contribution in [0.2, 0.25) is 0 Å². The quantitative estimate of drug-likeness (QED) is 0.374. The third-order valence-corrected chi connectivity index (χ3v) is 10.1. The number of morpholine rings is 1. The molecule has 11 nitrogen and oxygen atoms in total. The molecule has 3 aromatic rings. The molecule has 1 saturated carbocycles. The number of sulfone groups is 1. The van der Waals surface area contributed by atoms with Crippen LogP contribution < -0.4 is 15.5 Å². The van der Waals surface area contributed by atoms with Gasteiger partial charge in [-0.1, -0.05) is 0 Å². The molecule has 3 N–H and O–H groups in total. The molecule has 2 aromatic heterocycles. The summed E-state index contributed by atoms with van der Waals surface area (Å²) in [4.78, 5) is 28.2. The van der Waals surface area contributed by atoms with Crippen molar-refractivity contribution in [2.45, 2.75) is 54.8 Å². The van der Waals surface area contributed by atoms with Gasteiger partial charge in [0.05, 0.1) is 42.5 Å². The highest BCUT2D eigenvalue weighted by Crippen LogP contribution is 2.50. The Kier molecular flexibility index (Phi) is 8.02. The lowest BCUT2D eigenvalue weighted by Gasteiger charge is -2.41. The summed E-state index contributed by atoms with van der Waals surface area (Å²) in [6.45, 7) is 5.32. The lowest BCUT2D eigenvalue weighted by atomic mass is 9.81. The zero-order chi connectivity index (χ0) is 28.3. The van der Waals surface area contributed by atoms with Crippen molar-refractivity contribution in [2.24, 2.45) is 0 Å². The van der Waals surface area contributed by atoms with E-state index in [0.717, 1.165) is 6.42 Å². The fourth-order valence-electron chi connectivity index (χ4n) is 5.05. The number of aliphatic hydroxyl groups is 1. The molecule has 5 rings (SSSR count). The maximum absolute atomic E-state index is 14.0. The minimum atomic E-state index is -3.76. The van der Waals surface area contributed by atoms with Crippen LogP contribution in [0.5, 0.6) is 0 Å². The summed E-state index contributed by atoms with van der Waals surface area (Å²) in [6, 6.07) is 11.2. The predicted molar refractivity (Wildman–Crippen MR) is 151 cm³/mol. The van der Waals surface area contributed by atoms with E-state index in [-0.39, 0.29) is 23.6 Å². The summed E-state index contributed by atoms with van der Waals surface area (Å²) >= 11 is 0. The number of carbonyl (C=O) groups is 1. The van der Waals surface area contributed by atoms with E-state index in [1.807, 2.05) is 6.07 Å². The van der Waals surface area contributed by atoms with Gasteiger partial charge < -0.3 is 25.4 Å². The summed E-state index contributed by atoms with van der Waals surface area (Å²) in [7, 11) is -3.76. The molecular formula is C28H34N6O5S. The number of aromatic nitrogens is 3. The number of hydrogen-bond acceptors (Lipinski definition) is 9. The molecular weight excluding hydrogens is 532 g/mol. The summed E-state index contributed by atoms with van der Waals surface area (Å²) in [5.74, 6) is 1.07. The Balaban J connectivity index is 1.54. The van der Waals surface area contributed by atoms with Gasteiger partial charge in [0.15, 0.2) is 15.7 Å². The third kappa shape index (κ3) is 5.38. The number of rotatable bonds is 8. The first-order chi connectivity index (χ1) is 19.2. The first-order valence-corrected chi connectivity index (χ1v) is 14.9. The van der Waals surface area contributed by atoms with Gasteiger partial charge >= 0.3 is 6.03 Å². The molecule has 2 fully saturated rings. The smallest absolute Gasteiger partial charge is 0.319 e. The highest BCUT2D eigenvalue weighted by atomic mass is 32.2. The number of hydrogen-bond donors (Lipinski definition) is 3. The fourth-order valence-corrected chi connectivity index (χ4v) is 7.19. The molecule has 0 bridgehead atoms. The summed E-state index contributed by atoms with van der Waals surface area (Å²) in [5, 5.41) is 14.5. The van der Waals surface area contributed by atoms with Gasteiger partial charge in [0.1, 0.15) is 10.6 Å². The SMILES string of the molecule is C[C@@H](CO)NC(=O)Nc1ccc(-c2nc(N3CCOC[C@@H]3C)cc(C3(S(=O)(=O)c4ccncc4)CCC3)n2)cc1. The second-order valence-corrected chi connectivity index (χ2v) is 12.6. The van der Waals surface area contributed by atoms with E-state index in [0.29, 0.717) is 61.2 Å². The lowest BCUT2D eigenvalue weighted by Crippen LogP contribution is -2.46. The molecule has 40 heavy (non-hydrogen) atoms. The first kappa shape index (κ1) is 27.9. The van der Waals surface area contributed by atoms with E-state index in [1.165, 1.54) is 24.5 Å². The molecule has 1 aliphatic carbocycles. The molecule has 2 aliphatic rings.